The quantitative estimate of drug-likeness (QED) is 0.741. The van der Waals surface area contributed by atoms with Crippen LogP contribution in [0.3, 0.4) is 0 Å². The largest absolute Gasteiger partial charge is 0.463 e. The summed E-state index contributed by atoms with van der Waals surface area (Å²) in [6, 6.07) is 2.48. The highest BCUT2D eigenvalue weighted by atomic mass is 16.5. The maximum Gasteiger partial charge on any atom is 0.373 e. The molecule has 0 aromatic carbocycles. The van der Waals surface area contributed by atoms with Crippen molar-refractivity contribution in [2.24, 2.45) is 0 Å². The van der Waals surface area contributed by atoms with Gasteiger partial charge in [-0.15, -0.1) is 0 Å². The van der Waals surface area contributed by atoms with Crippen molar-refractivity contribution in [3.8, 4) is 0 Å². The van der Waals surface area contributed by atoms with Gasteiger partial charge in [0.25, 0.3) is 0 Å². The number of esters is 1. The van der Waals surface area contributed by atoms with Gasteiger partial charge < -0.3 is 19.8 Å². The lowest BCUT2D eigenvalue weighted by molar-refractivity contribution is 0.0563. The molecule has 2 N–H and O–H groups in total. The van der Waals surface area contributed by atoms with E-state index >= 15 is 0 Å². The van der Waals surface area contributed by atoms with Crippen molar-refractivity contribution in [2.75, 3.05) is 7.11 Å². The van der Waals surface area contributed by atoms with Gasteiger partial charge in [0.1, 0.15) is 5.76 Å². The van der Waals surface area contributed by atoms with E-state index in [4.69, 9.17) is 4.42 Å². The van der Waals surface area contributed by atoms with Gasteiger partial charge in [-0.05, 0) is 6.07 Å². The number of nitrogens with one attached hydrogen (secondary N) is 2. The Morgan fingerprint density at radius 2 is 1.79 bits per heavy atom. The molecule has 0 saturated carbocycles. The number of carbonyl (C=O) groups excluding carboxylic acids is 1. The molecule has 5 heteroatoms. The molecule has 0 atom stereocenters. The second-order valence-electron chi connectivity index (χ2n) is 5.12. The molecule has 0 unspecified atom stereocenters. The first kappa shape index (κ1) is 15.7. The summed E-state index contributed by atoms with van der Waals surface area (Å²) < 4.78 is 10.3. The van der Waals surface area contributed by atoms with E-state index in [0.717, 1.165) is 11.3 Å². The van der Waals surface area contributed by atoms with Gasteiger partial charge in [0.2, 0.25) is 5.76 Å². The number of hydrogen-bond acceptors (Lipinski definition) is 5. The Kier molecular flexibility index (Phi) is 6.05. The van der Waals surface area contributed by atoms with Crippen LogP contribution in [0, 0.1) is 0 Å². The van der Waals surface area contributed by atoms with E-state index in [1.807, 2.05) is 0 Å². The summed E-state index contributed by atoms with van der Waals surface area (Å²) >= 11 is 0. The van der Waals surface area contributed by atoms with E-state index in [-0.39, 0.29) is 5.76 Å². The highest BCUT2D eigenvalue weighted by molar-refractivity contribution is 5.86. The van der Waals surface area contributed by atoms with Crippen molar-refractivity contribution in [1.29, 1.82) is 0 Å². The fraction of sp³-hybridized carbons (Fsp3) is 0.643. The molecule has 5 nitrogen and oxygen atoms in total. The Hall–Kier alpha value is -1.33. The summed E-state index contributed by atoms with van der Waals surface area (Å²) in [5.41, 5.74) is 0.988. The van der Waals surface area contributed by atoms with Crippen LogP contribution < -0.4 is 10.6 Å². The minimum Gasteiger partial charge on any atom is -0.463 e. The number of carbonyl (C=O) groups is 1. The minimum atomic E-state index is -0.443. The molecule has 0 spiro atoms. The normalized spacial score (nSPS) is 11.3. The predicted octanol–water partition coefficient (Wildman–Crippen LogP) is 2.06. The molecule has 1 aromatic rings. The molecular weight excluding hydrogens is 244 g/mol. The Morgan fingerprint density at radius 3 is 2.32 bits per heavy atom. The Balaban J connectivity index is 2.83. The van der Waals surface area contributed by atoms with E-state index in [9.17, 15) is 4.79 Å². The van der Waals surface area contributed by atoms with E-state index < -0.39 is 5.97 Å². The maximum atomic E-state index is 11.5. The second-order valence-corrected chi connectivity index (χ2v) is 5.12. The topological polar surface area (TPSA) is 63.5 Å². The molecule has 1 rings (SSSR count). The summed E-state index contributed by atoms with van der Waals surface area (Å²) in [7, 11) is 1.35. The Labute approximate surface area is 114 Å². The first-order valence-corrected chi connectivity index (χ1v) is 6.60. The summed E-state index contributed by atoms with van der Waals surface area (Å²) in [5.74, 6) is 0.590. The van der Waals surface area contributed by atoms with Crippen LogP contribution in [0.25, 0.3) is 0 Å². The summed E-state index contributed by atoms with van der Waals surface area (Å²) in [4.78, 5) is 11.5. The lowest BCUT2D eigenvalue weighted by Crippen LogP contribution is -2.24. The van der Waals surface area contributed by atoms with E-state index in [1.165, 1.54) is 7.11 Å². The molecular formula is C14H24N2O3. The SMILES string of the molecule is COC(=O)c1cc(CNC(C)C)c(CNC(C)C)o1. The van der Waals surface area contributed by atoms with Gasteiger partial charge >= 0.3 is 5.97 Å². The van der Waals surface area contributed by atoms with Crippen molar-refractivity contribution in [1.82, 2.24) is 10.6 Å². The van der Waals surface area contributed by atoms with Crippen LogP contribution in [0.15, 0.2) is 10.5 Å². The number of hydrogen-bond donors (Lipinski definition) is 2. The smallest absolute Gasteiger partial charge is 0.373 e. The van der Waals surface area contributed by atoms with Gasteiger partial charge in [0, 0.05) is 24.2 Å². The van der Waals surface area contributed by atoms with Gasteiger partial charge in [-0.25, -0.2) is 4.79 Å². The number of furan rings is 1. The van der Waals surface area contributed by atoms with Crippen LogP contribution in [-0.4, -0.2) is 25.2 Å². The molecule has 0 aliphatic heterocycles. The average molecular weight is 268 g/mol. The number of methoxy groups -OCH3 is 1. The second kappa shape index (κ2) is 7.31. The average Bonchev–Trinajstić information content (AvgIpc) is 2.76. The number of rotatable bonds is 7. The first-order valence-electron chi connectivity index (χ1n) is 6.60. The third kappa shape index (κ3) is 5.04. The number of ether oxygens (including phenoxy) is 1. The monoisotopic (exact) mass is 268 g/mol. The molecule has 0 aliphatic rings. The van der Waals surface area contributed by atoms with Crippen molar-refractivity contribution < 1.29 is 13.9 Å². The molecule has 0 amide bonds. The summed E-state index contributed by atoms with van der Waals surface area (Å²) in [6.07, 6.45) is 0. The molecule has 0 saturated heterocycles. The van der Waals surface area contributed by atoms with Gasteiger partial charge in [-0.2, -0.15) is 0 Å². The van der Waals surface area contributed by atoms with Crippen molar-refractivity contribution in [3.05, 3.63) is 23.2 Å². The molecule has 0 radical (unpaired) electrons. The zero-order valence-corrected chi connectivity index (χ0v) is 12.4. The highest BCUT2D eigenvalue weighted by Gasteiger charge is 2.17. The van der Waals surface area contributed by atoms with Gasteiger partial charge in [0.05, 0.1) is 13.7 Å². The van der Waals surface area contributed by atoms with Crippen LogP contribution in [0.2, 0.25) is 0 Å². The van der Waals surface area contributed by atoms with Crippen molar-refractivity contribution in [2.45, 2.75) is 52.9 Å². The first-order chi connectivity index (χ1) is 8.93. The molecule has 19 heavy (non-hydrogen) atoms. The van der Waals surface area contributed by atoms with Crippen molar-refractivity contribution in [3.63, 3.8) is 0 Å². The van der Waals surface area contributed by atoms with Crippen LogP contribution in [0.4, 0.5) is 0 Å². The zero-order valence-electron chi connectivity index (χ0n) is 12.4. The Bertz CT molecular complexity index is 381. The Morgan fingerprint density at radius 1 is 1.21 bits per heavy atom. The summed E-state index contributed by atoms with van der Waals surface area (Å²) in [5, 5.41) is 6.61. The summed E-state index contributed by atoms with van der Waals surface area (Å²) in [6.45, 7) is 9.56. The van der Waals surface area contributed by atoms with Gasteiger partial charge in [-0.3, -0.25) is 0 Å². The van der Waals surface area contributed by atoms with Gasteiger partial charge in [-0.1, -0.05) is 27.7 Å². The third-order valence-corrected chi connectivity index (χ3v) is 2.65. The molecule has 0 bridgehead atoms. The fourth-order valence-electron chi connectivity index (χ4n) is 1.58. The molecule has 1 aromatic heterocycles. The van der Waals surface area contributed by atoms with Crippen LogP contribution in [-0.2, 0) is 17.8 Å². The van der Waals surface area contributed by atoms with Crippen LogP contribution in [0.1, 0.15) is 49.6 Å². The maximum absolute atomic E-state index is 11.5. The zero-order chi connectivity index (χ0) is 14.4. The predicted molar refractivity (Wildman–Crippen MR) is 74.0 cm³/mol. The van der Waals surface area contributed by atoms with E-state index in [0.29, 0.717) is 25.2 Å². The standard InChI is InChI=1S/C14H24N2O3/c1-9(2)15-7-11-6-12(14(17)18-5)19-13(11)8-16-10(3)4/h6,9-10,15-16H,7-8H2,1-5H3. The van der Waals surface area contributed by atoms with Crippen LogP contribution >= 0.6 is 0 Å². The van der Waals surface area contributed by atoms with E-state index in [2.05, 4.69) is 43.1 Å². The minimum absolute atomic E-state index is 0.253. The molecule has 1 heterocycles. The lowest BCUT2D eigenvalue weighted by Gasteiger charge is -2.10. The molecule has 0 fully saturated rings. The van der Waals surface area contributed by atoms with Gasteiger partial charge in [0.15, 0.2) is 0 Å². The van der Waals surface area contributed by atoms with Crippen molar-refractivity contribution >= 4 is 5.97 Å². The molecule has 108 valence electrons. The fourth-order valence-corrected chi connectivity index (χ4v) is 1.58. The highest BCUT2D eigenvalue weighted by Crippen LogP contribution is 2.17. The lowest BCUT2D eigenvalue weighted by atomic mass is 10.2. The van der Waals surface area contributed by atoms with Crippen LogP contribution in [0.5, 0.6) is 0 Å². The third-order valence-electron chi connectivity index (χ3n) is 2.65. The molecule has 0 aliphatic carbocycles. The van der Waals surface area contributed by atoms with E-state index in [1.54, 1.807) is 6.07 Å².